The first-order valence-corrected chi connectivity index (χ1v) is 10.4. The zero-order chi connectivity index (χ0) is 24.6. The van der Waals surface area contributed by atoms with E-state index in [2.05, 4.69) is 0 Å². The van der Waals surface area contributed by atoms with Crippen LogP contribution in [0.15, 0.2) is 0 Å². The van der Waals surface area contributed by atoms with E-state index >= 15 is 0 Å². The molecular formula is C18H32O15. The van der Waals surface area contributed by atoms with E-state index in [1.807, 2.05) is 0 Å². The van der Waals surface area contributed by atoms with E-state index in [0.29, 0.717) is 0 Å². The summed E-state index contributed by atoms with van der Waals surface area (Å²) >= 11 is 0. The molecule has 3 rings (SSSR count). The summed E-state index contributed by atoms with van der Waals surface area (Å²) in [5.41, 5.74) is 0. The molecule has 0 saturated carbocycles. The van der Waals surface area contributed by atoms with Crippen LogP contribution >= 0.6 is 0 Å². The van der Waals surface area contributed by atoms with E-state index in [4.69, 9.17) is 23.7 Å². The lowest BCUT2D eigenvalue weighted by atomic mass is 9.97. The summed E-state index contributed by atoms with van der Waals surface area (Å²) in [5.74, 6) is 0. The molecule has 0 aromatic heterocycles. The van der Waals surface area contributed by atoms with E-state index in [1.165, 1.54) is 6.92 Å². The summed E-state index contributed by atoms with van der Waals surface area (Å²) in [7, 11) is 0. The van der Waals surface area contributed by atoms with Gasteiger partial charge in [0.25, 0.3) is 0 Å². The van der Waals surface area contributed by atoms with Gasteiger partial charge in [-0.2, -0.15) is 0 Å². The summed E-state index contributed by atoms with van der Waals surface area (Å²) < 4.78 is 26.2. The van der Waals surface area contributed by atoms with Gasteiger partial charge in [-0.3, -0.25) is 0 Å². The number of ether oxygens (including phenoxy) is 5. The Morgan fingerprint density at radius 1 is 0.606 bits per heavy atom. The highest BCUT2D eigenvalue weighted by atomic mass is 16.7. The largest absolute Gasteiger partial charge is 0.394 e. The van der Waals surface area contributed by atoms with Gasteiger partial charge < -0.3 is 74.7 Å². The van der Waals surface area contributed by atoms with Gasteiger partial charge in [-0.1, -0.05) is 0 Å². The van der Waals surface area contributed by atoms with Gasteiger partial charge in [-0.15, -0.1) is 0 Å². The average Bonchev–Trinajstić information content (AvgIpc) is 2.79. The highest BCUT2D eigenvalue weighted by Crippen LogP contribution is 2.29. The molecule has 0 bridgehead atoms. The SMILES string of the molecule is C[C@@H]1O[C@@H](O[C@@H]2[C@@H](O)[C@H](O)[C@@H](CO[C@@H]3O[C@H](CO)[C@H](O)[C@H](O)[C@H]3O)O[C@H]2O)[C@H](O)[C@H](O)[C@H]1O. The monoisotopic (exact) mass is 488 g/mol. The maximum Gasteiger partial charge on any atom is 0.187 e. The van der Waals surface area contributed by atoms with Gasteiger partial charge in [-0.25, -0.2) is 0 Å². The Bertz CT molecular complexity index is 624. The fraction of sp³-hybridized carbons (Fsp3) is 1.00. The first-order valence-electron chi connectivity index (χ1n) is 10.4. The van der Waals surface area contributed by atoms with Crippen LogP contribution in [0.4, 0.5) is 0 Å². The molecule has 3 saturated heterocycles. The lowest BCUT2D eigenvalue weighted by molar-refractivity contribution is -0.364. The fourth-order valence-corrected chi connectivity index (χ4v) is 3.88. The molecule has 33 heavy (non-hydrogen) atoms. The minimum absolute atomic E-state index is 0.560. The Kier molecular flexibility index (Phi) is 8.99. The van der Waals surface area contributed by atoms with Crippen LogP contribution in [0.3, 0.4) is 0 Å². The van der Waals surface area contributed by atoms with Gasteiger partial charge in [0.2, 0.25) is 0 Å². The number of rotatable bonds is 6. The van der Waals surface area contributed by atoms with Gasteiger partial charge in [0, 0.05) is 0 Å². The molecule has 0 radical (unpaired) electrons. The van der Waals surface area contributed by atoms with Crippen LogP contribution in [0.5, 0.6) is 0 Å². The van der Waals surface area contributed by atoms with Crippen molar-refractivity contribution < 1.29 is 74.7 Å². The van der Waals surface area contributed by atoms with Crippen LogP contribution < -0.4 is 0 Å². The molecule has 0 aliphatic carbocycles. The standard InChI is InChI=1S/C18H32O15/c1-4-7(20)10(23)14(27)18(30-4)33-15-12(25)9(22)6(31-16(15)28)3-29-17-13(26)11(24)8(21)5(2-19)32-17/h4-28H,2-3H2,1H3/t4-,5+,6+,7-,8-,9+,10+,11-,12-,13+,14+,15+,16+,17+,18-/m0/s1. The number of aliphatic hydroxyl groups excluding tert-OH is 10. The molecule has 15 atom stereocenters. The van der Waals surface area contributed by atoms with Crippen LogP contribution in [0.2, 0.25) is 0 Å². The average molecular weight is 488 g/mol. The van der Waals surface area contributed by atoms with Crippen molar-refractivity contribution >= 4 is 0 Å². The zero-order valence-corrected chi connectivity index (χ0v) is 17.6. The summed E-state index contributed by atoms with van der Waals surface area (Å²) in [6.45, 7) is 0.167. The van der Waals surface area contributed by atoms with Crippen molar-refractivity contribution in [2.75, 3.05) is 13.2 Å². The molecule has 15 heteroatoms. The van der Waals surface area contributed by atoms with Crippen LogP contribution in [-0.2, 0) is 23.7 Å². The molecule has 0 aromatic rings. The summed E-state index contributed by atoms with van der Waals surface area (Å²) in [5, 5.41) is 99.5. The molecule has 10 N–H and O–H groups in total. The van der Waals surface area contributed by atoms with E-state index in [9.17, 15) is 51.1 Å². The van der Waals surface area contributed by atoms with Crippen molar-refractivity contribution in [3.8, 4) is 0 Å². The first kappa shape index (κ1) is 27.0. The Labute approximate surface area is 187 Å². The van der Waals surface area contributed by atoms with Crippen molar-refractivity contribution in [2.24, 2.45) is 0 Å². The third-order valence-corrected chi connectivity index (χ3v) is 6.04. The number of hydrogen-bond donors (Lipinski definition) is 10. The van der Waals surface area contributed by atoms with E-state index in [-0.39, 0.29) is 0 Å². The molecule has 0 aromatic carbocycles. The second kappa shape index (κ2) is 11.0. The van der Waals surface area contributed by atoms with Crippen LogP contribution in [0, 0.1) is 0 Å². The molecule has 3 fully saturated rings. The summed E-state index contributed by atoms with van der Waals surface area (Å²) in [4.78, 5) is 0. The second-order valence-electron chi connectivity index (χ2n) is 8.36. The molecule has 0 amide bonds. The molecule has 15 nitrogen and oxygen atoms in total. The van der Waals surface area contributed by atoms with Gasteiger partial charge >= 0.3 is 0 Å². The Balaban J connectivity index is 1.58. The van der Waals surface area contributed by atoms with E-state index in [0.717, 1.165) is 0 Å². The highest BCUT2D eigenvalue weighted by Gasteiger charge is 2.50. The highest BCUT2D eigenvalue weighted by molar-refractivity contribution is 4.93. The van der Waals surface area contributed by atoms with Gasteiger partial charge in [-0.05, 0) is 6.92 Å². The third kappa shape index (κ3) is 5.48. The molecule has 3 heterocycles. The van der Waals surface area contributed by atoms with Gasteiger partial charge in [0.05, 0.1) is 19.3 Å². The maximum atomic E-state index is 10.4. The first-order chi connectivity index (χ1) is 15.5. The molecule has 3 aliphatic heterocycles. The quantitative estimate of drug-likeness (QED) is 0.167. The van der Waals surface area contributed by atoms with Gasteiger partial charge in [0.1, 0.15) is 67.1 Å². The fourth-order valence-electron chi connectivity index (χ4n) is 3.88. The van der Waals surface area contributed by atoms with E-state index in [1.54, 1.807) is 0 Å². The maximum absolute atomic E-state index is 10.4. The van der Waals surface area contributed by atoms with Crippen molar-refractivity contribution in [3.63, 3.8) is 0 Å². The topological polar surface area (TPSA) is 248 Å². The van der Waals surface area contributed by atoms with Gasteiger partial charge in [0.15, 0.2) is 18.9 Å². The molecule has 194 valence electrons. The Morgan fingerprint density at radius 2 is 1.18 bits per heavy atom. The summed E-state index contributed by atoms with van der Waals surface area (Å²) in [6, 6.07) is 0. The molecule has 3 aliphatic rings. The molecule has 0 unspecified atom stereocenters. The number of hydrogen-bond acceptors (Lipinski definition) is 15. The third-order valence-electron chi connectivity index (χ3n) is 6.04. The lowest BCUT2D eigenvalue weighted by Crippen LogP contribution is -2.64. The Morgan fingerprint density at radius 3 is 1.82 bits per heavy atom. The van der Waals surface area contributed by atoms with Crippen molar-refractivity contribution in [3.05, 3.63) is 0 Å². The minimum Gasteiger partial charge on any atom is -0.394 e. The smallest absolute Gasteiger partial charge is 0.187 e. The van der Waals surface area contributed by atoms with Crippen LogP contribution in [-0.4, -0.2) is 156 Å². The van der Waals surface area contributed by atoms with Crippen molar-refractivity contribution in [1.29, 1.82) is 0 Å². The summed E-state index contributed by atoms with van der Waals surface area (Å²) in [6.07, 6.45) is -23.3. The number of aliphatic hydroxyl groups is 10. The second-order valence-corrected chi connectivity index (χ2v) is 8.36. The van der Waals surface area contributed by atoms with Crippen LogP contribution in [0.25, 0.3) is 0 Å². The Hall–Kier alpha value is -0.600. The van der Waals surface area contributed by atoms with E-state index < -0.39 is 105 Å². The zero-order valence-electron chi connectivity index (χ0n) is 17.6. The lowest BCUT2D eigenvalue weighted by Gasteiger charge is -2.45. The van der Waals surface area contributed by atoms with Crippen molar-refractivity contribution in [2.45, 2.75) is 99.0 Å². The molecular weight excluding hydrogens is 456 g/mol. The normalized spacial score (nSPS) is 53.7. The minimum atomic E-state index is -1.86. The van der Waals surface area contributed by atoms with Crippen molar-refractivity contribution in [1.82, 2.24) is 0 Å². The molecule has 0 spiro atoms. The van der Waals surface area contributed by atoms with Crippen LogP contribution in [0.1, 0.15) is 6.92 Å². The predicted molar refractivity (Wildman–Crippen MR) is 99.8 cm³/mol. The predicted octanol–water partition coefficient (Wildman–Crippen LogP) is -6.55.